The minimum absolute atomic E-state index is 1.05. The highest BCUT2D eigenvalue weighted by Gasteiger charge is 1.98. The highest BCUT2D eigenvalue weighted by molar-refractivity contribution is 5.79. The highest BCUT2D eigenvalue weighted by atomic mass is 14.9. The van der Waals surface area contributed by atoms with Crippen LogP contribution in [0.4, 0.5) is 0 Å². The molecule has 0 aliphatic carbocycles. The van der Waals surface area contributed by atoms with Gasteiger partial charge in [0.15, 0.2) is 0 Å². The summed E-state index contributed by atoms with van der Waals surface area (Å²) in [6, 6.07) is 6.11. The molecule has 55 valence electrons. The molecular weight excluding hydrogens is 136 g/mol. The number of nitrogens with one attached hydrogen (secondary N) is 1. The third kappa shape index (κ3) is 0.909. The van der Waals surface area contributed by atoms with Crippen LogP contribution in [0.25, 0.3) is 11.0 Å². The smallest absolute Gasteiger partial charge is 0.0931 e. The minimum atomic E-state index is 1.05. The van der Waals surface area contributed by atoms with Crippen LogP contribution in [0.2, 0.25) is 0 Å². The van der Waals surface area contributed by atoms with Gasteiger partial charge in [0.05, 0.1) is 17.4 Å². The summed E-state index contributed by atoms with van der Waals surface area (Å²) in [5.41, 5.74) is 3.33. The Morgan fingerprint density at radius 1 is 1.45 bits per heavy atom. The number of aromatic amines is 1. The predicted octanol–water partition coefficient (Wildman–Crippen LogP) is 2.14. The summed E-state index contributed by atoms with van der Waals surface area (Å²) in [5.74, 6) is 0. The summed E-state index contributed by atoms with van der Waals surface area (Å²) in [5, 5.41) is 0. The van der Waals surface area contributed by atoms with Crippen molar-refractivity contribution in [2.24, 2.45) is 0 Å². The molecule has 2 heteroatoms. The summed E-state index contributed by atoms with van der Waals surface area (Å²) >= 11 is 0. The Morgan fingerprint density at radius 3 is 3.18 bits per heavy atom. The molecule has 1 aromatic heterocycles. The van der Waals surface area contributed by atoms with E-state index in [1.807, 2.05) is 19.1 Å². The van der Waals surface area contributed by atoms with Gasteiger partial charge in [-0.2, -0.15) is 0 Å². The maximum Gasteiger partial charge on any atom is 0.0931 e. The molecule has 0 aliphatic heterocycles. The Kier molecular flexibility index (Phi) is 1.39. The van der Waals surface area contributed by atoms with E-state index < -0.39 is 0 Å². The third-order valence-corrected chi connectivity index (χ3v) is 1.79. The number of H-pyrrole nitrogens is 1. The Labute approximate surface area is 65.3 Å². The Balaban J connectivity index is 2.79. The fourth-order valence-electron chi connectivity index (χ4n) is 1.22. The van der Waals surface area contributed by atoms with E-state index in [-0.39, 0.29) is 0 Å². The van der Waals surface area contributed by atoms with E-state index in [1.165, 1.54) is 5.56 Å². The zero-order valence-corrected chi connectivity index (χ0v) is 6.33. The molecule has 0 amide bonds. The van der Waals surface area contributed by atoms with E-state index in [1.54, 1.807) is 6.33 Å². The van der Waals surface area contributed by atoms with Crippen molar-refractivity contribution in [3.8, 4) is 0 Å². The Hall–Kier alpha value is -1.31. The average molecular weight is 145 g/mol. The van der Waals surface area contributed by atoms with Crippen molar-refractivity contribution >= 4 is 11.0 Å². The second-order valence-corrected chi connectivity index (χ2v) is 2.43. The lowest BCUT2D eigenvalue weighted by atomic mass is 10.1. The van der Waals surface area contributed by atoms with Crippen LogP contribution in [0.15, 0.2) is 24.5 Å². The zero-order valence-electron chi connectivity index (χ0n) is 6.33. The third-order valence-electron chi connectivity index (χ3n) is 1.79. The van der Waals surface area contributed by atoms with Crippen LogP contribution in [-0.2, 0) is 0 Å². The summed E-state index contributed by atoms with van der Waals surface area (Å²) in [6.45, 7) is 2.02. The average Bonchev–Trinajstić information content (AvgIpc) is 2.50. The number of hydrogen-bond donors (Lipinski definition) is 1. The van der Waals surface area contributed by atoms with Gasteiger partial charge in [0.25, 0.3) is 0 Å². The standard InChI is InChI=1S/C9H9N2/c1-2-7-4-3-5-8-9(7)11-6-10-8/h2-6H,1H3,(H,10,11). The molecule has 2 nitrogen and oxygen atoms in total. The zero-order chi connectivity index (χ0) is 7.68. The monoisotopic (exact) mass is 145 g/mol. The van der Waals surface area contributed by atoms with Crippen molar-refractivity contribution in [3.63, 3.8) is 0 Å². The van der Waals surface area contributed by atoms with Crippen LogP contribution >= 0.6 is 0 Å². The van der Waals surface area contributed by atoms with Gasteiger partial charge in [-0.15, -0.1) is 0 Å². The molecule has 1 N–H and O–H groups in total. The van der Waals surface area contributed by atoms with Gasteiger partial charge in [0.1, 0.15) is 0 Å². The Morgan fingerprint density at radius 2 is 2.36 bits per heavy atom. The number of rotatable bonds is 1. The summed E-state index contributed by atoms with van der Waals surface area (Å²) in [7, 11) is 0. The van der Waals surface area contributed by atoms with Crippen LogP contribution in [0, 0.1) is 6.42 Å². The van der Waals surface area contributed by atoms with E-state index in [4.69, 9.17) is 0 Å². The topological polar surface area (TPSA) is 28.7 Å². The molecule has 0 aliphatic rings. The summed E-state index contributed by atoms with van der Waals surface area (Å²) in [6.07, 6.45) is 3.78. The normalized spacial score (nSPS) is 10.6. The van der Waals surface area contributed by atoms with Gasteiger partial charge in [0, 0.05) is 0 Å². The van der Waals surface area contributed by atoms with Crippen molar-refractivity contribution in [3.05, 3.63) is 36.5 Å². The van der Waals surface area contributed by atoms with Crippen LogP contribution in [-0.4, -0.2) is 9.97 Å². The van der Waals surface area contributed by atoms with Gasteiger partial charge >= 0.3 is 0 Å². The number of imidazole rings is 1. The first-order valence-electron chi connectivity index (χ1n) is 3.63. The molecule has 1 aromatic carbocycles. The van der Waals surface area contributed by atoms with Crippen LogP contribution in [0.1, 0.15) is 12.5 Å². The van der Waals surface area contributed by atoms with Crippen LogP contribution in [0.5, 0.6) is 0 Å². The SMILES string of the molecule is C[CH]c1cccc2[nH]cnc12. The molecule has 0 unspecified atom stereocenters. The molecule has 2 rings (SSSR count). The number of nitrogens with zero attached hydrogens (tertiary/aromatic N) is 1. The van der Waals surface area contributed by atoms with Crippen LogP contribution < -0.4 is 0 Å². The molecule has 0 fully saturated rings. The lowest BCUT2D eigenvalue weighted by Gasteiger charge is -1.94. The van der Waals surface area contributed by atoms with Gasteiger partial charge in [-0.05, 0) is 18.1 Å². The second kappa shape index (κ2) is 2.38. The van der Waals surface area contributed by atoms with Crippen LogP contribution in [0.3, 0.4) is 0 Å². The van der Waals surface area contributed by atoms with E-state index in [0.29, 0.717) is 0 Å². The number of benzene rings is 1. The van der Waals surface area contributed by atoms with Crippen molar-refractivity contribution in [2.45, 2.75) is 6.92 Å². The number of aromatic nitrogens is 2. The second-order valence-electron chi connectivity index (χ2n) is 2.43. The van der Waals surface area contributed by atoms with E-state index in [9.17, 15) is 0 Å². The van der Waals surface area contributed by atoms with Crippen molar-refractivity contribution < 1.29 is 0 Å². The number of hydrogen-bond acceptors (Lipinski definition) is 1. The quantitative estimate of drug-likeness (QED) is 0.654. The summed E-state index contributed by atoms with van der Waals surface area (Å²) < 4.78 is 0. The molecular formula is C9H9N2. The fraction of sp³-hybridized carbons (Fsp3) is 0.111. The van der Waals surface area contributed by atoms with Gasteiger partial charge in [-0.25, -0.2) is 4.98 Å². The fourth-order valence-corrected chi connectivity index (χ4v) is 1.22. The maximum atomic E-state index is 4.20. The van der Waals surface area contributed by atoms with Gasteiger partial charge in [-0.3, -0.25) is 0 Å². The number of para-hydroxylation sites is 1. The first-order chi connectivity index (χ1) is 5.42. The van der Waals surface area contributed by atoms with Crippen molar-refractivity contribution in [1.82, 2.24) is 9.97 Å². The van der Waals surface area contributed by atoms with E-state index in [2.05, 4.69) is 22.5 Å². The first-order valence-corrected chi connectivity index (χ1v) is 3.63. The van der Waals surface area contributed by atoms with Gasteiger partial charge < -0.3 is 4.98 Å². The molecule has 1 heterocycles. The minimum Gasteiger partial charge on any atom is -0.345 e. The first kappa shape index (κ1) is 6.40. The largest absolute Gasteiger partial charge is 0.345 e. The van der Waals surface area contributed by atoms with Gasteiger partial charge in [-0.1, -0.05) is 19.1 Å². The molecule has 2 aromatic rings. The lowest BCUT2D eigenvalue weighted by Crippen LogP contribution is -1.78. The highest BCUT2D eigenvalue weighted by Crippen LogP contribution is 2.15. The molecule has 0 atom stereocenters. The molecule has 11 heavy (non-hydrogen) atoms. The molecule has 0 saturated carbocycles. The van der Waals surface area contributed by atoms with E-state index >= 15 is 0 Å². The van der Waals surface area contributed by atoms with Gasteiger partial charge in [0.2, 0.25) is 0 Å². The van der Waals surface area contributed by atoms with Crippen molar-refractivity contribution in [1.29, 1.82) is 0 Å². The maximum absolute atomic E-state index is 4.20. The molecule has 1 radical (unpaired) electrons. The van der Waals surface area contributed by atoms with E-state index in [0.717, 1.165) is 11.0 Å². The lowest BCUT2D eigenvalue weighted by molar-refractivity contribution is 1.34. The molecule has 0 saturated heterocycles. The Bertz CT molecular complexity index is 362. The van der Waals surface area contributed by atoms with Crippen molar-refractivity contribution in [2.75, 3.05) is 0 Å². The molecule has 0 spiro atoms. The predicted molar refractivity (Wildman–Crippen MR) is 45.2 cm³/mol. The number of fused-ring (bicyclic) bond motifs is 1. The molecule has 0 bridgehead atoms. The summed E-state index contributed by atoms with van der Waals surface area (Å²) in [4.78, 5) is 7.27.